The number of thiazole rings is 1. The molecule has 0 aliphatic carbocycles. The van der Waals surface area contributed by atoms with Crippen molar-refractivity contribution in [3.63, 3.8) is 0 Å². The summed E-state index contributed by atoms with van der Waals surface area (Å²) in [6.07, 6.45) is 0. The molecule has 6 heteroatoms. The van der Waals surface area contributed by atoms with Gasteiger partial charge in [-0.25, -0.2) is 4.98 Å². The number of aliphatic hydroxyl groups is 1. The number of alkyl halides is 2. The lowest BCUT2D eigenvalue weighted by Gasteiger charge is -1.96. The molecule has 0 amide bonds. The Bertz CT molecular complexity index is 228. The van der Waals surface area contributed by atoms with Gasteiger partial charge in [-0.2, -0.15) is 8.78 Å². The molecule has 1 aromatic rings. The Morgan fingerprint density at radius 2 is 2.45 bits per heavy atom. The van der Waals surface area contributed by atoms with Gasteiger partial charge in [-0.15, -0.1) is 0 Å². The minimum absolute atomic E-state index is 0.121. The van der Waals surface area contributed by atoms with Crippen LogP contribution in [-0.4, -0.2) is 16.7 Å². The van der Waals surface area contributed by atoms with E-state index in [4.69, 9.17) is 5.11 Å². The maximum absolute atomic E-state index is 11.5. The quantitative estimate of drug-likeness (QED) is 0.762. The summed E-state index contributed by atoms with van der Waals surface area (Å²) in [5.41, 5.74) is 0.339. The molecule has 0 spiro atoms. The van der Waals surface area contributed by atoms with Crippen molar-refractivity contribution in [2.75, 3.05) is 0 Å². The Labute approximate surface area is 65.3 Å². The van der Waals surface area contributed by atoms with E-state index in [1.165, 1.54) is 5.38 Å². The van der Waals surface area contributed by atoms with Crippen LogP contribution >= 0.6 is 11.3 Å². The van der Waals surface area contributed by atoms with Crippen LogP contribution in [0.4, 0.5) is 8.78 Å². The van der Waals surface area contributed by atoms with Crippen molar-refractivity contribution in [1.29, 1.82) is 0 Å². The summed E-state index contributed by atoms with van der Waals surface area (Å²) in [5, 5.41) is 9.82. The molecular weight excluding hydrogens is 176 g/mol. The van der Waals surface area contributed by atoms with Gasteiger partial charge in [0.25, 0.3) is 5.19 Å². The van der Waals surface area contributed by atoms with Gasteiger partial charge in [0.15, 0.2) is 0 Å². The lowest BCUT2D eigenvalue weighted by molar-refractivity contribution is -0.0500. The molecule has 1 N–H and O–H groups in total. The van der Waals surface area contributed by atoms with Crippen molar-refractivity contribution in [3.05, 3.63) is 11.1 Å². The first-order valence-electron chi connectivity index (χ1n) is 2.72. The molecule has 0 aliphatic heterocycles. The molecular formula is C5H5F2NO2S. The fourth-order valence-electron chi connectivity index (χ4n) is 0.491. The smallest absolute Gasteiger partial charge is 0.389 e. The molecule has 0 bridgehead atoms. The number of hydrogen-bond acceptors (Lipinski definition) is 4. The number of halogens is 2. The van der Waals surface area contributed by atoms with Gasteiger partial charge in [-0.05, 0) is 0 Å². The fourth-order valence-corrected chi connectivity index (χ4v) is 1.15. The first-order chi connectivity index (χ1) is 5.22. The predicted octanol–water partition coefficient (Wildman–Crippen LogP) is 1.24. The monoisotopic (exact) mass is 181 g/mol. The van der Waals surface area contributed by atoms with E-state index in [2.05, 4.69) is 9.72 Å². The Hall–Kier alpha value is -0.750. The summed E-state index contributed by atoms with van der Waals surface area (Å²) in [6.45, 7) is -3.11. The van der Waals surface area contributed by atoms with Crippen LogP contribution in [0.25, 0.3) is 0 Å². The van der Waals surface area contributed by atoms with Crippen LogP contribution in [0.2, 0.25) is 0 Å². The van der Waals surface area contributed by atoms with E-state index in [0.717, 1.165) is 11.3 Å². The zero-order valence-electron chi connectivity index (χ0n) is 5.33. The van der Waals surface area contributed by atoms with Gasteiger partial charge in [0.1, 0.15) is 0 Å². The van der Waals surface area contributed by atoms with Gasteiger partial charge in [-0.1, -0.05) is 11.3 Å². The Morgan fingerprint density at radius 3 is 2.91 bits per heavy atom. The highest BCUT2D eigenvalue weighted by molar-refractivity contribution is 7.11. The average molecular weight is 181 g/mol. The van der Waals surface area contributed by atoms with Crippen LogP contribution in [0.15, 0.2) is 5.38 Å². The lowest BCUT2D eigenvalue weighted by atomic mass is 10.5. The molecule has 0 saturated heterocycles. The maximum atomic E-state index is 11.5. The normalized spacial score (nSPS) is 10.5. The van der Waals surface area contributed by atoms with Crippen LogP contribution < -0.4 is 4.74 Å². The van der Waals surface area contributed by atoms with Gasteiger partial charge in [0.05, 0.1) is 12.3 Å². The second-order valence-corrected chi connectivity index (χ2v) is 2.46. The van der Waals surface area contributed by atoms with Crippen molar-refractivity contribution < 1.29 is 18.6 Å². The number of hydrogen-bond donors (Lipinski definition) is 1. The first-order valence-corrected chi connectivity index (χ1v) is 3.60. The second kappa shape index (κ2) is 3.59. The predicted molar refractivity (Wildman–Crippen MR) is 34.7 cm³/mol. The Morgan fingerprint density at radius 1 is 1.73 bits per heavy atom. The number of rotatable bonds is 3. The highest BCUT2D eigenvalue weighted by Crippen LogP contribution is 2.19. The molecule has 0 atom stereocenters. The largest absolute Gasteiger partial charge is 0.408 e. The van der Waals surface area contributed by atoms with Crippen molar-refractivity contribution in [1.82, 2.24) is 4.98 Å². The SMILES string of the molecule is OCc1csc(OC(F)F)n1. The molecule has 0 aromatic carbocycles. The summed E-state index contributed by atoms with van der Waals surface area (Å²) in [7, 11) is 0. The van der Waals surface area contributed by atoms with Crippen LogP contribution in [0.5, 0.6) is 5.19 Å². The Balaban J connectivity index is 2.58. The first kappa shape index (κ1) is 8.35. The number of aromatic nitrogens is 1. The van der Waals surface area contributed by atoms with E-state index < -0.39 is 6.61 Å². The zero-order chi connectivity index (χ0) is 8.27. The van der Waals surface area contributed by atoms with E-state index in [9.17, 15) is 8.78 Å². The lowest BCUT2D eigenvalue weighted by Crippen LogP contribution is -2.01. The summed E-state index contributed by atoms with van der Waals surface area (Å²) >= 11 is 0.929. The van der Waals surface area contributed by atoms with E-state index in [1.54, 1.807) is 0 Å². The maximum Gasteiger partial charge on any atom is 0.389 e. The van der Waals surface area contributed by atoms with Crippen LogP contribution in [0.1, 0.15) is 5.69 Å². The molecule has 0 saturated carbocycles. The minimum Gasteiger partial charge on any atom is -0.408 e. The molecule has 3 nitrogen and oxygen atoms in total. The van der Waals surface area contributed by atoms with Gasteiger partial charge < -0.3 is 9.84 Å². The molecule has 11 heavy (non-hydrogen) atoms. The van der Waals surface area contributed by atoms with Gasteiger partial charge in [0.2, 0.25) is 0 Å². The number of aliphatic hydroxyl groups excluding tert-OH is 1. The van der Waals surface area contributed by atoms with Crippen molar-refractivity contribution in [2.45, 2.75) is 13.2 Å². The molecule has 0 radical (unpaired) electrons. The van der Waals surface area contributed by atoms with Crippen LogP contribution in [0.3, 0.4) is 0 Å². The zero-order valence-corrected chi connectivity index (χ0v) is 6.15. The number of nitrogens with zero attached hydrogens (tertiary/aromatic N) is 1. The standard InChI is InChI=1S/C5H5F2NO2S/c6-4(7)10-5-8-3(1-9)2-11-5/h2,4,9H,1H2. The van der Waals surface area contributed by atoms with Gasteiger partial charge in [-0.3, -0.25) is 0 Å². The molecule has 1 aromatic heterocycles. The summed E-state index contributed by atoms with van der Waals surface area (Å²) in [6, 6.07) is 0. The van der Waals surface area contributed by atoms with Crippen molar-refractivity contribution in [2.24, 2.45) is 0 Å². The third-order valence-electron chi connectivity index (χ3n) is 0.883. The van der Waals surface area contributed by atoms with Crippen LogP contribution in [0, 0.1) is 0 Å². The molecule has 1 rings (SSSR count). The fraction of sp³-hybridized carbons (Fsp3) is 0.400. The minimum atomic E-state index is -2.85. The third kappa shape index (κ3) is 2.39. The van der Waals surface area contributed by atoms with E-state index in [-0.39, 0.29) is 11.8 Å². The highest BCUT2D eigenvalue weighted by Gasteiger charge is 2.07. The Kier molecular flexibility index (Phi) is 2.72. The summed E-state index contributed by atoms with van der Waals surface area (Å²) in [5.74, 6) is 0. The average Bonchev–Trinajstić information content (AvgIpc) is 2.34. The molecule has 0 fully saturated rings. The molecule has 0 aliphatic rings. The van der Waals surface area contributed by atoms with Crippen LogP contribution in [-0.2, 0) is 6.61 Å². The van der Waals surface area contributed by atoms with E-state index >= 15 is 0 Å². The van der Waals surface area contributed by atoms with Crippen molar-refractivity contribution in [3.8, 4) is 5.19 Å². The highest BCUT2D eigenvalue weighted by atomic mass is 32.1. The summed E-state index contributed by atoms with van der Waals surface area (Å²) in [4.78, 5) is 3.54. The number of ether oxygens (including phenoxy) is 1. The second-order valence-electron chi connectivity index (χ2n) is 1.64. The van der Waals surface area contributed by atoms with Gasteiger partial charge in [0, 0.05) is 5.38 Å². The van der Waals surface area contributed by atoms with E-state index in [0.29, 0.717) is 5.69 Å². The summed E-state index contributed by atoms with van der Waals surface area (Å²) < 4.78 is 27.0. The van der Waals surface area contributed by atoms with Crippen molar-refractivity contribution >= 4 is 11.3 Å². The van der Waals surface area contributed by atoms with E-state index in [1.807, 2.05) is 0 Å². The molecule has 62 valence electrons. The third-order valence-corrected chi connectivity index (χ3v) is 1.66. The molecule has 0 unspecified atom stereocenters. The topological polar surface area (TPSA) is 42.4 Å². The molecule has 1 heterocycles. The van der Waals surface area contributed by atoms with Gasteiger partial charge >= 0.3 is 6.61 Å².